The van der Waals surface area contributed by atoms with Gasteiger partial charge in [0.25, 0.3) is 5.56 Å². The van der Waals surface area contributed by atoms with E-state index >= 15 is 0 Å². The van der Waals surface area contributed by atoms with Gasteiger partial charge in [0.15, 0.2) is 0 Å². The van der Waals surface area contributed by atoms with Gasteiger partial charge in [-0.25, -0.2) is 9.78 Å². The van der Waals surface area contributed by atoms with Gasteiger partial charge >= 0.3 is 11.6 Å². The zero-order valence-corrected chi connectivity index (χ0v) is 24.6. The minimum atomic E-state index is -1.40. The van der Waals surface area contributed by atoms with Crippen LogP contribution in [0.15, 0.2) is 77.6 Å². The highest BCUT2D eigenvalue weighted by atomic mass is 16.6. The molecule has 214 valence electrons. The second kappa shape index (κ2) is 13.2. The number of benzene rings is 3. The minimum absolute atomic E-state index is 0.105. The molecule has 1 unspecified atom stereocenters. The van der Waals surface area contributed by atoms with E-state index in [2.05, 4.69) is 19.9 Å². The second-order valence-electron chi connectivity index (χ2n) is 10.3. The van der Waals surface area contributed by atoms with Gasteiger partial charge in [-0.1, -0.05) is 62.7 Å². The first-order valence-corrected chi connectivity index (χ1v) is 14.3. The lowest BCUT2D eigenvalue weighted by Crippen LogP contribution is -2.40. The molecule has 3 aromatic carbocycles. The quantitative estimate of drug-likeness (QED) is 0.155. The Morgan fingerprint density at radius 1 is 1.02 bits per heavy atom. The molecule has 7 nitrogen and oxygen atoms in total. The highest BCUT2D eigenvalue weighted by Crippen LogP contribution is 2.25. The molecule has 0 aliphatic heterocycles. The van der Waals surface area contributed by atoms with Crippen LogP contribution in [0, 0.1) is 18.3 Å². The van der Waals surface area contributed by atoms with Gasteiger partial charge in [0.05, 0.1) is 29.6 Å². The maximum Gasteiger partial charge on any atom is 0.398 e. The van der Waals surface area contributed by atoms with Crippen molar-refractivity contribution >= 4 is 5.97 Å². The number of nitrogens with zero attached hydrogens (tertiary/aromatic N) is 3. The van der Waals surface area contributed by atoms with Crippen LogP contribution in [-0.4, -0.2) is 27.7 Å². The summed E-state index contributed by atoms with van der Waals surface area (Å²) in [5, 5.41) is 9.49. The van der Waals surface area contributed by atoms with Crippen molar-refractivity contribution in [3.05, 3.63) is 118 Å². The molecule has 4 rings (SSSR count). The van der Waals surface area contributed by atoms with Crippen LogP contribution in [0.4, 0.5) is 0 Å². The smallest absolute Gasteiger partial charge is 0.398 e. The Bertz CT molecular complexity index is 1650. The fourth-order valence-electron chi connectivity index (χ4n) is 4.86. The van der Waals surface area contributed by atoms with Crippen molar-refractivity contribution in [3.8, 4) is 28.6 Å². The van der Waals surface area contributed by atoms with Crippen molar-refractivity contribution in [2.45, 2.75) is 59.0 Å². The minimum Gasteiger partial charge on any atom is -0.460 e. The fourth-order valence-corrected chi connectivity index (χ4v) is 4.86. The van der Waals surface area contributed by atoms with Crippen molar-refractivity contribution in [3.63, 3.8) is 0 Å². The molecule has 0 radical (unpaired) electrons. The number of rotatable bonds is 11. The van der Waals surface area contributed by atoms with Crippen LogP contribution in [0.25, 0.3) is 16.8 Å². The zero-order valence-electron chi connectivity index (χ0n) is 24.6. The number of nitriles is 1. The van der Waals surface area contributed by atoms with Gasteiger partial charge in [-0.2, -0.15) is 5.26 Å². The lowest BCUT2D eigenvalue weighted by Gasteiger charge is -2.19. The van der Waals surface area contributed by atoms with E-state index in [0.29, 0.717) is 47.7 Å². The summed E-state index contributed by atoms with van der Waals surface area (Å²) in [6.45, 7) is 11.4. The molecule has 42 heavy (non-hydrogen) atoms. The lowest BCUT2D eigenvalue weighted by atomic mass is 9.97. The molecule has 0 saturated heterocycles. The molecular weight excluding hydrogens is 526 g/mol. The van der Waals surface area contributed by atoms with Crippen LogP contribution in [0.2, 0.25) is 0 Å². The number of aromatic nitrogens is 2. The normalized spacial score (nSPS) is 12.3. The van der Waals surface area contributed by atoms with Crippen molar-refractivity contribution in [1.29, 1.82) is 5.26 Å². The number of hydrogen-bond donors (Lipinski definition) is 0. The Morgan fingerprint density at radius 3 is 2.33 bits per heavy atom. The molecule has 1 aromatic heterocycles. The molecule has 0 N–H and O–H groups in total. The third-order valence-electron chi connectivity index (χ3n) is 6.97. The summed E-state index contributed by atoms with van der Waals surface area (Å²) in [6, 6.07) is 24.7. The predicted molar refractivity (Wildman–Crippen MR) is 164 cm³/mol. The van der Waals surface area contributed by atoms with E-state index in [1.807, 2.05) is 49.4 Å². The Balaban J connectivity index is 1.68. The van der Waals surface area contributed by atoms with Crippen LogP contribution in [0.5, 0.6) is 5.75 Å². The number of ether oxygens (including phenoxy) is 2. The Labute approximate surface area is 247 Å². The van der Waals surface area contributed by atoms with E-state index in [4.69, 9.17) is 14.5 Å². The molecule has 0 aliphatic rings. The monoisotopic (exact) mass is 562 g/mol. The summed E-state index contributed by atoms with van der Waals surface area (Å²) in [5.74, 6) is 0.559. The van der Waals surface area contributed by atoms with Crippen LogP contribution in [0.3, 0.4) is 0 Å². The van der Waals surface area contributed by atoms with Gasteiger partial charge in [0, 0.05) is 25.3 Å². The molecule has 1 heterocycles. The van der Waals surface area contributed by atoms with Gasteiger partial charge in [0.1, 0.15) is 18.5 Å². The molecule has 0 amide bonds. The molecule has 0 fully saturated rings. The van der Waals surface area contributed by atoms with Gasteiger partial charge in [-0.05, 0) is 60.4 Å². The fraction of sp³-hybridized carbons (Fsp3) is 0.286. The molecule has 0 spiro atoms. The summed E-state index contributed by atoms with van der Waals surface area (Å²) in [5.41, 5.74) is 4.06. The van der Waals surface area contributed by atoms with E-state index in [1.54, 1.807) is 48.7 Å². The number of hydrogen-bond acceptors (Lipinski definition) is 6. The third kappa shape index (κ3) is 6.55. The van der Waals surface area contributed by atoms with Crippen LogP contribution in [-0.2, 0) is 28.8 Å². The topological polar surface area (TPSA) is 94.2 Å². The van der Waals surface area contributed by atoms with Gasteiger partial charge in [0.2, 0.25) is 0 Å². The molecule has 0 saturated carbocycles. The molecule has 0 bridgehead atoms. The average Bonchev–Trinajstić information content (AvgIpc) is 2.99. The van der Waals surface area contributed by atoms with Crippen LogP contribution >= 0.6 is 0 Å². The van der Waals surface area contributed by atoms with Crippen LogP contribution in [0.1, 0.15) is 62.3 Å². The number of carbonyl (C=O) groups is 1. The number of esters is 1. The number of carbonyl (C=O) groups excluding carboxylic acids is 1. The summed E-state index contributed by atoms with van der Waals surface area (Å²) >= 11 is 0. The highest BCUT2D eigenvalue weighted by molar-refractivity contribution is 5.80. The molecule has 1 atom stereocenters. The summed E-state index contributed by atoms with van der Waals surface area (Å²) in [4.78, 5) is 31.2. The maximum absolute atomic E-state index is 14.1. The van der Waals surface area contributed by atoms with Gasteiger partial charge < -0.3 is 9.47 Å². The summed E-state index contributed by atoms with van der Waals surface area (Å²) in [7, 11) is 0. The van der Waals surface area contributed by atoms with Crippen molar-refractivity contribution < 1.29 is 14.3 Å². The van der Waals surface area contributed by atoms with E-state index in [-0.39, 0.29) is 12.2 Å². The van der Waals surface area contributed by atoms with E-state index in [9.17, 15) is 14.9 Å². The van der Waals surface area contributed by atoms with Crippen molar-refractivity contribution in [1.82, 2.24) is 9.55 Å². The maximum atomic E-state index is 14.1. The summed E-state index contributed by atoms with van der Waals surface area (Å²) in [6.07, 6.45) is 2.59. The first-order chi connectivity index (χ1) is 20.2. The number of aryl methyl sites for hydroxylation is 2. The predicted octanol–water partition coefficient (Wildman–Crippen LogP) is 6.41. The molecule has 7 heteroatoms. The molecule has 4 aromatic rings. The molecular formula is C35H36N3O4+. The second-order valence-corrected chi connectivity index (χ2v) is 10.3. The average molecular weight is 563 g/mol. The van der Waals surface area contributed by atoms with E-state index < -0.39 is 11.6 Å². The Hall–Kier alpha value is -4.83. The van der Waals surface area contributed by atoms with E-state index in [1.165, 1.54) is 0 Å². The van der Waals surface area contributed by atoms with E-state index in [0.717, 1.165) is 28.8 Å². The SMILES string of the molecule is [CH2+]C(C)(Oc1ccc(-n2c(CC)nc(CCC)c(Cc3ccc(-c4ccccc4C#N)cc3)c2=O)cc1)C(=O)OCC. The first-order valence-electron chi connectivity index (χ1n) is 14.3. The Morgan fingerprint density at radius 2 is 1.71 bits per heavy atom. The third-order valence-corrected chi connectivity index (χ3v) is 6.97. The lowest BCUT2D eigenvalue weighted by molar-refractivity contribution is -0.156. The van der Waals surface area contributed by atoms with Crippen LogP contribution < -0.4 is 10.3 Å². The van der Waals surface area contributed by atoms with Crippen molar-refractivity contribution in [2.75, 3.05) is 6.61 Å². The Kier molecular flexibility index (Phi) is 9.49. The van der Waals surface area contributed by atoms with Gasteiger partial charge in [-0.3, -0.25) is 9.36 Å². The molecule has 0 aliphatic carbocycles. The summed E-state index contributed by atoms with van der Waals surface area (Å²) < 4.78 is 12.5. The zero-order chi connectivity index (χ0) is 30.3. The standard InChI is InChI=1S/C35H36N3O4/c1-6-11-31-30(22-24-14-16-25(17-15-24)29-13-10-9-12-26(29)23-36)33(39)38(32(7-2)37-31)27-18-20-28(21-19-27)42-35(4,5)34(40)41-8-3/h9-10,12-21H,4,6-8,11,22H2,1-3,5H3/q+1. The highest BCUT2D eigenvalue weighted by Gasteiger charge is 2.39. The first kappa shape index (κ1) is 30.1. The largest absolute Gasteiger partial charge is 0.460 e. The van der Waals surface area contributed by atoms with Gasteiger partial charge in [-0.15, -0.1) is 0 Å². The van der Waals surface area contributed by atoms with Crippen molar-refractivity contribution in [2.24, 2.45) is 0 Å².